The second kappa shape index (κ2) is 30.4. The number of carbonyl (C=O) groups excluding carboxylic acids is 3. The summed E-state index contributed by atoms with van der Waals surface area (Å²) < 4.78 is 43.8. The van der Waals surface area contributed by atoms with Crippen LogP contribution in [0.2, 0.25) is 0 Å². The number of hydrogen-bond acceptors (Lipinski definition) is 20. The predicted octanol–water partition coefficient (Wildman–Crippen LogP) is 17.5. The highest BCUT2D eigenvalue weighted by atomic mass is 16.6. The van der Waals surface area contributed by atoms with Crippen LogP contribution in [0.4, 0.5) is 11.7 Å². The predicted molar refractivity (Wildman–Crippen MR) is 446 cm³/mol. The van der Waals surface area contributed by atoms with Crippen LogP contribution in [0.5, 0.6) is 0 Å². The average Bonchev–Trinajstić information content (AvgIpc) is 1.39. The molecule has 0 spiro atoms. The minimum absolute atomic E-state index is 0.0320. The monoisotopic (exact) mass is 1550 g/mol. The Morgan fingerprint density at radius 2 is 1.47 bits per heavy atom. The number of aromatic nitrogens is 7. The number of Topliss-reactive ketones (excluding diaryl/α,β-unsaturated/α-hetero) is 1. The number of esters is 2. The number of morpholine rings is 1. The molecule has 20 rings (SSSR count). The van der Waals surface area contributed by atoms with E-state index in [4.69, 9.17) is 42.2 Å². The molecular formula is C94H86N10O12. The summed E-state index contributed by atoms with van der Waals surface area (Å²) in [5.41, 5.74) is 15.1. The van der Waals surface area contributed by atoms with Gasteiger partial charge in [-0.1, -0.05) is 122 Å². The van der Waals surface area contributed by atoms with Crippen molar-refractivity contribution >= 4 is 95.4 Å². The Labute approximate surface area is 668 Å². The fraction of sp³-hybridized carbons (Fsp3) is 0.287. The number of imidazole rings is 1. The van der Waals surface area contributed by atoms with Gasteiger partial charge in [-0.3, -0.25) is 33.5 Å². The van der Waals surface area contributed by atoms with Gasteiger partial charge < -0.3 is 42.0 Å². The average molecular weight is 1550 g/mol. The van der Waals surface area contributed by atoms with Crippen molar-refractivity contribution in [2.45, 2.75) is 103 Å². The Morgan fingerprint density at radius 1 is 0.724 bits per heavy atom. The van der Waals surface area contributed by atoms with Gasteiger partial charge in [0.1, 0.15) is 35.1 Å². The Hall–Kier alpha value is -13.0. The van der Waals surface area contributed by atoms with Gasteiger partial charge in [0.15, 0.2) is 34.3 Å². The number of rotatable bonds is 10. The van der Waals surface area contributed by atoms with Crippen LogP contribution < -0.4 is 20.9 Å². The van der Waals surface area contributed by atoms with Gasteiger partial charge in [0.2, 0.25) is 11.5 Å². The molecule has 22 nitrogen and oxygen atoms in total. The number of piperidine rings is 1. The lowest BCUT2D eigenvalue weighted by atomic mass is 9.54. The molecule has 584 valence electrons. The van der Waals surface area contributed by atoms with Gasteiger partial charge >= 0.3 is 17.6 Å². The van der Waals surface area contributed by atoms with Crippen LogP contribution in [-0.4, -0.2) is 117 Å². The third-order valence-electron chi connectivity index (χ3n) is 24.0. The number of furan rings is 2. The molecule has 116 heavy (non-hydrogen) atoms. The number of ketones is 1. The number of fused-ring (bicyclic) bond motifs is 11. The molecule has 1 saturated carbocycles. The van der Waals surface area contributed by atoms with E-state index in [9.17, 15) is 29.2 Å². The van der Waals surface area contributed by atoms with Crippen LogP contribution in [0.25, 0.3) is 105 Å². The Bertz CT molecular complexity index is 6490. The molecule has 6 aliphatic rings. The number of cyclic esters (lactones) is 1. The lowest BCUT2D eigenvalue weighted by Crippen LogP contribution is -2.57. The molecule has 3 aliphatic carbocycles. The molecule has 22 heteroatoms. The molecule has 14 aromatic rings. The third-order valence-corrected chi connectivity index (χ3v) is 24.0. The van der Waals surface area contributed by atoms with E-state index in [0.29, 0.717) is 64.7 Å². The quantitative estimate of drug-likeness (QED) is 0.0909. The number of pyridine rings is 3. The highest BCUT2D eigenvalue weighted by Crippen LogP contribution is 2.63. The molecule has 0 unspecified atom stereocenters. The number of para-hydroxylation sites is 2. The molecule has 0 N–H and O–H groups in total. The highest BCUT2D eigenvalue weighted by Gasteiger charge is 2.63. The van der Waals surface area contributed by atoms with Crippen molar-refractivity contribution in [2.24, 2.45) is 18.4 Å². The molecule has 11 heterocycles. The number of nitriles is 1. The molecule has 6 aromatic carbocycles. The fourth-order valence-electron chi connectivity index (χ4n) is 17.8. The Kier molecular flexibility index (Phi) is 19.9. The lowest BCUT2D eigenvalue weighted by Gasteiger charge is -2.52. The molecule has 3 aliphatic heterocycles. The molecule has 0 radical (unpaired) electrons. The van der Waals surface area contributed by atoms with Crippen molar-refractivity contribution in [3.05, 3.63) is 261 Å². The van der Waals surface area contributed by atoms with Crippen molar-refractivity contribution in [3.63, 3.8) is 0 Å². The Balaban J connectivity index is 0.000000113. The standard InChI is InChI=1S/C30H23N5O.C24H26O7.C20H18N4O2.C20H19NO2/c1-30(2,18-31)22-9-11-23(12-10-22)35-28-24-15-19(21-14-20-6-4-5-7-25(20)32-16-21)8-13-26(24)33-17-27(28)34(3)29(35)36;1-11-6-7-14-17-19(15(30-12(2)25)8-23(11,14)3)24(4)16(10-28-5)31-22(27)13-9-29-21(18(13)24)20(17)26;1-13-4-2-5-14(12-13)18-22-16-15-6-3-7-21-20(15)26-17(16)19(23-18)24-8-10-25-11-9-24;22-18-14-19(21-12-5-2-6-13-21)23-20-16(10-7-11-17(18)20)15-8-3-1-4-9-15/h4-17H,1-3H3;9,14-16H,1,6-8,10H2,2-5H3;2-7,12H,8-11H2,1H3;1,3-4,7-11,14H,2,5-6,12-13H2/t;14-,15+,16+,23+,24-;;/m.0../s1. The van der Waals surface area contributed by atoms with Crippen LogP contribution in [0, 0.1) is 29.6 Å². The maximum atomic E-state index is 13.8. The van der Waals surface area contributed by atoms with E-state index in [1.165, 1.54) is 32.3 Å². The van der Waals surface area contributed by atoms with Gasteiger partial charge in [-0.15, -0.1) is 0 Å². The van der Waals surface area contributed by atoms with Crippen molar-refractivity contribution < 1.29 is 46.6 Å². The number of anilines is 2. The molecule has 3 fully saturated rings. The fourth-order valence-corrected chi connectivity index (χ4v) is 17.8. The summed E-state index contributed by atoms with van der Waals surface area (Å²) in [6.07, 6.45) is 11.0. The first-order chi connectivity index (χ1) is 56.1. The number of methoxy groups -OCH3 is 1. The number of carbonyl (C=O) groups is 3. The van der Waals surface area contributed by atoms with Crippen LogP contribution >= 0.6 is 0 Å². The Morgan fingerprint density at radius 3 is 2.24 bits per heavy atom. The van der Waals surface area contributed by atoms with Crippen LogP contribution in [0.1, 0.15) is 111 Å². The summed E-state index contributed by atoms with van der Waals surface area (Å²) in [7, 11) is 3.30. The smallest absolute Gasteiger partial charge is 0.342 e. The van der Waals surface area contributed by atoms with E-state index in [2.05, 4.69) is 81.6 Å². The SMILES string of the molecule is C=C1CC[C@H]2C3=C([C@H](OC(C)=O)C[C@]12C)[C@]1(C)c2c(coc2C3=O)C(=O)O[C@@H]1COC.Cc1cccc(-c2nc(N3CCOCC3)c3oc4ncccc4c3n2)c1.Cn1c(=O)n(-c2ccc(C(C)(C)C#N)cc2)c2c3cc(-c4cnc5ccccc5c4)ccc3ncc21.O=c1cc(N2CCCCC2)oc2c(-c3ccccc3)cccc12. The van der Waals surface area contributed by atoms with Gasteiger partial charge in [-0.25, -0.2) is 24.5 Å². The van der Waals surface area contributed by atoms with Gasteiger partial charge in [-0.2, -0.15) is 5.26 Å². The van der Waals surface area contributed by atoms with E-state index in [0.717, 1.165) is 152 Å². The molecule has 2 saturated heterocycles. The highest BCUT2D eigenvalue weighted by molar-refractivity contribution is 6.14. The van der Waals surface area contributed by atoms with E-state index in [1.54, 1.807) is 34.6 Å². The first-order valence-corrected chi connectivity index (χ1v) is 39.3. The maximum Gasteiger partial charge on any atom is 0.342 e. The van der Waals surface area contributed by atoms with E-state index >= 15 is 0 Å². The van der Waals surface area contributed by atoms with Crippen molar-refractivity contribution in [3.8, 4) is 45.4 Å². The van der Waals surface area contributed by atoms with Crippen molar-refractivity contribution in [2.75, 3.05) is 62.9 Å². The molecular weight excluding hydrogens is 1460 g/mol. The first-order valence-electron chi connectivity index (χ1n) is 39.3. The van der Waals surface area contributed by atoms with Crippen LogP contribution in [0.15, 0.2) is 235 Å². The summed E-state index contributed by atoms with van der Waals surface area (Å²) in [4.78, 5) is 92.2. The van der Waals surface area contributed by atoms with E-state index in [-0.39, 0.29) is 46.2 Å². The number of allylic oxidation sites excluding steroid dienone is 2. The summed E-state index contributed by atoms with van der Waals surface area (Å²) in [5, 5.41) is 13.0. The third kappa shape index (κ3) is 13.4. The topological polar surface area (TPSA) is 266 Å². The number of hydrogen-bond donors (Lipinski definition) is 0. The minimum atomic E-state index is -0.907. The van der Waals surface area contributed by atoms with E-state index < -0.39 is 35.0 Å². The van der Waals surface area contributed by atoms with Gasteiger partial charge in [0.05, 0.1) is 81.4 Å². The largest absolute Gasteiger partial charge is 0.460 e. The summed E-state index contributed by atoms with van der Waals surface area (Å²) in [5.74, 6) is 1.13. The van der Waals surface area contributed by atoms with Gasteiger partial charge in [-0.05, 0) is 160 Å². The second-order valence-corrected chi connectivity index (χ2v) is 31.6. The number of benzene rings is 6. The summed E-state index contributed by atoms with van der Waals surface area (Å²) in [6.45, 7) is 20.5. The maximum absolute atomic E-state index is 13.8. The molecule has 8 aromatic heterocycles. The van der Waals surface area contributed by atoms with Crippen molar-refractivity contribution in [1.29, 1.82) is 5.26 Å². The zero-order valence-corrected chi connectivity index (χ0v) is 65.9. The summed E-state index contributed by atoms with van der Waals surface area (Å²) >= 11 is 0. The van der Waals surface area contributed by atoms with Gasteiger partial charge in [0.25, 0.3) is 0 Å². The van der Waals surface area contributed by atoms with E-state index in [1.807, 2.05) is 154 Å². The van der Waals surface area contributed by atoms with Crippen molar-refractivity contribution in [1.82, 2.24) is 34.1 Å². The van der Waals surface area contributed by atoms with Crippen LogP contribution in [0.3, 0.4) is 0 Å². The number of aryl methyl sites for hydroxylation is 2. The zero-order chi connectivity index (χ0) is 80.5. The molecule has 0 amide bonds. The second-order valence-electron chi connectivity index (χ2n) is 31.6. The van der Waals surface area contributed by atoms with Gasteiger partial charge in [0, 0.05) is 104 Å². The lowest BCUT2D eigenvalue weighted by molar-refractivity contribution is -0.147. The number of nitrogens with zero attached hydrogens (tertiary/aromatic N) is 10. The number of ether oxygens (including phenoxy) is 4. The summed E-state index contributed by atoms with van der Waals surface area (Å²) in [6, 6.07) is 55.9. The normalized spacial score (nSPS) is 19.6. The minimum Gasteiger partial charge on any atom is -0.460 e. The molecule has 5 atom stereocenters. The first kappa shape index (κ1) is 75.7. The zero-order valence-electron chi connectivity index (χ0n) is 65.9. The van der Waals surface area contributed by atoms with Crippen LogP contribution in [-0.2, 0) is 41.6 Å². The molecule has 0 bridgehead atoms.